The molecular weight excluding hydrogens is 477 g/mol. The second-order valence-electron chi connectivity index (χ2n) is 7.69. The Bertz CT molecular complexity index is 1440. The van der Waals surface area contributed by atoms with Crippen molar-refractivity contribution in [2.75, 3.05) is 5.32 Å². The fourth-order valence-electron chi connectivity index (χ4n) is 3.32. The van der Waals surface area contributed by atoms with Gasteiger partial charge in [-0.05, 0) is 74.4 Å². The molecule has 0 aliphatic carbocycles. The maximum atomic E-state index is 13.4. The average molecular weight is 498 g/mol. The topological polar surface area (TPSA) is 64.0 Å². The lowest BCUT2D eigenvalue weighted by atomic mass is 10.1. The molecule has 168 valence electrons. The summed E-state index contributed by atoms with van der Waals surface area (Å²) >= 11 is 13.3. The van der Waals surface area contributed by atoms with Crippen LogP contribution in [0.4, 0.5) is 5.69 Å². The SMILES string of the molecule is Cc1ccc(-n2c(SC(C)C(=O)Nc3ccc(Cl)cc3Cl)nc3ccccc3c2=O)cc1C. The van der Waals surface area contributed by atoms with Crippen LogP contribution in [-0.2, 0) is 4.79 Å². The van der Waals surface area contributed by atoms with E-state index in [0.29, 0.717) is 37.5 Å². The van der Waals surface area contributed by atoms with Gasteiger partial charge < -0.3 is 5.32 Å². The minimum Gasteiger partial charge on any atom is -0.324 e. The fourth-order valence-corrected chi connectivity index (χ4v) is 4.70. The number of nitrogens with zero attached hydrogens (tertiary/aromatic N) is 2. The summed E-state index contributed by atoms with van der Waals surface area (Å²) in [6.07, 6.45) is 0. The maximum absolute atomic E-state index is 13.4. The molecule has 0 saturated carbocycles. The number of hydrogen-bond acceptors (Lipinski definition) is 4. The molecule has 0 aliphatic heterocycles. The van der Waals surface area contributed by atoms with E-state index in [1.54, 1.807) is 41.8 Å². The number of rotatable bonds is 5. The highest BCUT2D eigenvalue weighted by molar-refractivity contribution is 8.00. The van der Waals surface area contributed by atoms with Gasteiger partial charge in [0.25, 0.3) is 5.56 Å². The molecule has 1 N–H and O–H groups in total. The van der Waals surface area contributed by atoms with Crippen LogP contribution in [0.3, 0.4) is 0 Å². The van der Waals surface area contributed by atoms with Gasteiger partial charge in [-0.2, -0.15) is 0 Å². The molecule has 0 saturated heterocycles. The Labute approximate surface area is 205 Å². The number of anilines is 1. The van der Waals surface area contributed by atoms with Crippen LogP contribution in [0.25, 0.3) is 16.6 Å². The van der Waals surface area contributed by atoms with Gasteiger partial charge in [0, 0.05) is 5.02 Å². The van der Waals surface area contributed by atoms with Gasteiger partial charge >= 0.3 is 0 Å². The third-order valence-corrected chi connectivity index (χ3v) is 6.93. The summed E-state index contributed by atoms with van der Waals surface area (Å²) in [5.41, 5.74) is 3.76. The third-order valence-electron chi connectivity index (χ3n) is 5.33. The summed E-state index contributed by atoms with van der Waals surface area (Å²) in [5, 5.41) is 4.06. The zero-order valence-electron chi connectivity index (χ0n) is 18.2. The summed E-state index contributed by atoms with van der Waals surface area (Å²) in [7, 11) is 0. The number of carbonyl (C=O) groups is 1. The normalized spacial score (nSPS) is 12.0. The molecule has 0 spiro atoms. The lowest BCUT2D eigenvalue weighted by molar-refractivity contribution is -0.115. The van der Waals surface area contributed by atoms with Crippen LogP contribution in [0, 0.1) is 13.8 Å². The molecule has 0 fully saturated rings. The third kappa shape index (κ3) is 4.93. The van der Waals surface area contributed by atoms with E-state index in [-0.39, 0.29) is 11.5 Å². The number of aryl methyl sites for hydroxylation is 2. The molecule has 33 heavy (non-hydrogen) atoms. The van der Waals surface area contributed by atoms with E-state index < -0.39 is 5.25 Å². The molecule has 1 atom stereocenters. The Morgan fingerprint density at radius 3 is 2.52 bits per heavy atom. The summed E-state index contributed by atoms with van der Waals surface area (Å²) in [6.45, 7) is 5.78. The van der Waals surface area contributed by atoms with E-state index in [9.17, 15) is 9.59 Å². The Kier molecular flexibility index (Phi) is 6.79. The molecule has 1 heterocycles. The summed E-state index contributed by atoms with van der Waals surface area (Å²) < 4.78 is 1.57. The minimum atomic E-state index is -0.553. The Morgan fingerprint density at radius 2 is 1.79 bits per heavy atom. The molecule has 4 rings (SSSR count). The second-order valence-corrected chi connectivity index (χ2v) is 9.85. The highest BCUT2D eigenvalue weighted by Gasteiger charge is 2.21. The van der Waals surface area contributed by atoms with Crippen molar-refractivity contribution in [3.05, 3.63) is 92.2 Å². The molecule has 0 radical (unpaired) electrons. The van der Waals surface area contributed by atoms with Crippen molar-refractivity contribution in [2.45, 2.75) is 31.2 Å². The van der Waals surface area contributed by atoms with Crippen molar-refractivity contribution in [3.63, 3.8) is 0 Å². The zero-order valence-corrected chi connectivity index (χ0v) is 20.6. The number of nitrogens with one attached hydrogen (secondary N) is 1. The molecule has 0 bridgehead atoms. The van der Waals surface area contributed by atoms with Crippen LogP contribution < -0.4 is 10.9 Å². The molecule has 5 nitrogen and oxygen atoms in total. The highest BCUT2D eigenvalue weighted by atomic mass is 35.5. The molecule has 0 aliphatic rings. The molecule has 1 aromatic heterocycles. The quantitative estimate of drug-likeness (QED) is 0.255. The smallest absolute Gasteiger partial charge is 0.266 e. The van der Waals surface area contributed by atoms with E-state index in [4.69, 9.17) is 28.2 Å². The zero-order chi connectivity index (χ0) is 23.7. The number of halogens is 2. The number of aromatic nitrogens is 2. The highest BCUT2D eigenvalue weighted by Crippen LogP contribution is 2.29. The summed E-state index contributed by atoms with van der Waals surface area (Å²) in [5.74, 6) is -0.265. The Balaban J connectivity index is 1.73. The van der Waals surface area contributed by atoms with Crippen LogP contribution >= 0.6 is 35.0 Å². The van der Waals surface area contributed by atoms with Gasteiger partial charge in [0.2, 0.25) is 5.91 Å². The van der Waals surface area contributed by atoms with Crippen LogP contribution in [0.15, 0.2) is 70.6 Å². The lowest BCUT2D eigenvalue weighted by Crippen LogP contribution is -2.26. The van der Waals surface area contributed by atoms with Gasteiger partial charge in [0.1, 0.15) is 0 Å². The van der Waals surface area contributed by atoms with Crippen molar-refractivity contribution < 1.29 is 4.79 Å². The summed E-state index contributed by atoms with van der Waals surface area (Å²) in [4.78, 5) is 31.1. The molecule has 1 amide bonds. The van der Waals surface area contributed by atoms with E-state index in [0.717, 1.165) is 11.1 Å². The Morgan fingerprint density at radius 1 is 1.03 bits per heavy atom. The van der Waals surface area contributed by atoms with Gasteiger partial charge in [0.05, 0.1) is 32.6 Å². The largest absolute Gasteiger partial charge is 0.324 e. The summed E-state index contributed by atoms with van der Waals surface area (Å²) in [6, 6.07) is 17.9. The number of para-hydroxylation sites is 1. The second kappa shape index (κ2) is 9.59. The average Bonchev–Trinajstić information content (AvgIpc) is 2.78. The first kappa shape index (κ1) is 23.4. The lowest BCUT2D eigenvalue weighted by Gasteiger charge is -2.17. The van der Waals surface area contributed by atoms with Gasteiger partial charge in [0.15, 0.2) is 5.16 Å². The number of thioether (sulfide) groups is 1. The van der Waals surface area contributed by atoms with Crippen molar-refractivity contribution in [2.24, 2.45) is 0 Å². The first-order valence-electron chi connectivity index (χ1n) is 10.3. The van der Waals surface area contributed by atoms with Crippen LogP contribution in [0.1, 0.15) is 18.1 Å². The van der Waals surface area contributed by atoms with Gasteiger partial charge in [-0.3, -0.25) is 14.2 Å². The standard InChI is InChI=1S/C25H21Cl2N3O2S/c1-14-8-10-18(12-15(14)2)30-24(32)19-6-4-5-7-21(19)29-25(30)33-16(3)23(31)28-22-11-9-17(26)13-20(22)27/h4-13,16H,1-3H3,(H,28,31). The Hall–Kier alpha value is -2.80. The van der Waals surface area contributed by atoms with Crippen LogP contribution in [-0.4, -0.2) is 20.7 Å². The number of fused-ring (bicyclic) bond motifs is 1. The predicted molar refractivity (Wildman–Crippen MR) is 137 cm³/mol. The van der Waals surface area contributed by atoms with Gasteiger partial charge in [-0.1, -0.05) is 53.2 Å². The molecular formula is C25H21Cl2N3O2S. The fraction of sp³-hybridized carbons (Fsp3) is 0.160. The first-order chi connectivity index (χ1) is 15.7. The minimum absolute atomic E-state index is 0.181. The first-order valence-corrected chi connectivity index (χ1v) is 11.9. The van der Waals surface area contributed by atoms with E-state index in [1.807, 2.05) is 44.2 Å². The van der Waals surface area contributed by atoms with E-state index in [2.05, 4.69) is 5.32 Å². The van der Waals surface area contributed by atoms with Crippen molar-refractivity contribution in [1.82, 2.24) is 9.55 Å². The maximum Gasteiger partial charge on any atom is 0.266 e. The van der Waals surface area contributed by atoms with Crippen molar-refractivity contribution in [1.29, 1.82) is 0 Å². The molecule has 4 aromatic rings. The van der Waals surface area contributed by atoms with Gasteiger partial charge in [-0.15, -0.1) is 0 Å². The number of hydrogen-bond donors (Lipinski definition) is 1. The van der Waals surface area contributed by atoms with Crippen molar-refractivity contribution in [3.8, 4) is 5.69 Å². The number of amides is 1. The number of benzene rings is 3. The van der Waals surface area contributed by atoms with Crippen molar-refractivity contribution >= 4 is 57.5 Å². The van der Waals surface area contributed by atoms with Crippen LogP contribution in [0.2, 0.25) is 10.0 Å². The van der Waals surface area contributed by atoms with Gasteiger partial charge in [-0.25, -0.2) is 4.98 Å². The van der Waals surface area contributed by atoms with E-state index >= 15 is 0 Å². The van der Waals surface area contributed by atoms with Crippen LogP contribution in [0.5, 0.6) is 0 Å². The molecule has 1 unspecified atom stereocenters. The molecule has 3 aromatic carbocycles. The number of carbonyl (C=O) groups excluding carboxylic acids is 1. The predicted octanol–water partition coefficient (Wildman–Crippen LogP) is 6.43. The monoisotopic (exact) mass is 497 g/mol. The van der Waals surface area contributed by atoms with E-state index in [1.165, 1.54) is 11.8 Å². The molecule has 8 heteroatoms.